The molecule has 0 saturated heterocycles. The van der Waals surface area contributed by atoms with Crippen LogP contribution in [0.15, 0.2) is 42.5 Å². The van der Waals surface area contributed by atoms with E-state index in [-0.39, 0.29) is 30.8 Å². The number of likely N-dealkylation sites (N-methyl/N-ethyl adjacent to an activating group) is 1. The van der Waals surface area contributed by atoms with Crippen molar-refractivity contribution in [3.63, 3.8) is 0 Å². The van der Waals surface area contributed by atoms with Gasteiger partial charge >= 0.3 is 0 Å². The van der Waals surface area contributed by atoms with Crippen LogP contribution in [0, 0.1) is 13.8 Å². The van der Waals surface area contributed by atoms with Crippen molar-refractivity contribution in [2.45, 2.75) is 27.7 Å². The summed E-state index contributed by atoms with van der Waals surface area (Å²) < 4.78 is 0. The highest BCUT2D eigenvalue weighted by Gasteiger charge is 2.16. The number of hydrogen-bond donors (Lipinski definition) is 3. The number of carbonyl (C=O) groups excluding carboxylic acids is 3. The molecule has 0 aromatic heterocycles. The monoisotopic (exact) mass is 425 g/mol. The summed E-state index contributed by atoms with van der Waals surface area (Å²) in [5, 5.41) is 5.73. The largest absolute Gasteiger partial charge is 0.339 e. The van der Waals surface area contributed by atoms with E-state index in [1.165, 1.54) is 0 Å². The van der Waals surface area contributed by atoms with E-state index >= 15 is 0 Å². The van der Waals surface area contributed by atoms with Crippen LogP contribution in [0.2, 0.25) is 0 Å². The molecule has 2 rings (SSSR count). The van der Waals surface area contributed by atoms with Crippen LogP contribution in [0.25, 0.3) is 0 Å². The van der Waals surface area contributed by atoms with Gasteiger partial charge in [-0.05, 0) is 69.2 Å². The number of benzene rings is 2. The average Bonchev–Trinajstić information content (AvgIpc) is 2.72. The zero-order valence-corrected chi connectivity index (χ0v) is 19.0. The second kappa shape index (κ2) is 11.3. The molecule has 1 atom stereocenters. The molecule has 0 saturated carbocycles. The fraction of sp³-hybridized carbons (Fsp3) is 0.375. The minimum atomic E-state index is -0.195. The quantitative estimate of drug-likeness (QED) is 0.574. The summed E-state index contributed by atoms with van der Waals surface area (Å²) in [6.07, 6.45) is 0. The molecule has 1 unspecified atom stereocenters. The Balaban J connectivity index is 1.85. The molecule has 0 bridgehead atoms. The van der Waals surface area contributed by atoms with Crippen LogP contribution in [0.3, 0.4) is 0 Å². The number of anilines is 2. The summed E-state index contributed by atoms with van der Waals surface area (Å²) in [5.41, 5.74) is 4.15. The molecule has 3 amide bonds. The van der Waals surface area contributed by atoms with E-state index in [0.717, 1.165) is 21.7 Å². The SMILES string of the molecule is CCN(CC)C(=O)c1ccc(NC(=O)C[NH+](C)CC(=O)Nc2cccc(C)c2C)cc1. The van der Waals surface area contributed by atoms with Crippen molar-refractivity contribution < 1.29 is 19.3 Å². The van der Waals surface area contributed by atoms with Gasteiger partial charge in [0.05, 0.1) is 7.05 Å². The molecule has 2 aromatic carbocycles. The van der Waals surface area contributed by atoms with Crippen molar-refractivity contribution >= 4 is 29.1 Å². The van der Waals surface area contributed by atoms with Gasteiger partial charge in [-0.3, -0.25) is 14.4 Å². The number of carbonyl (C=O) groups is 3. The minimum Gasteiger partial charge on any atom is -0.339 e. The van der Waals surface area contributed by atoms with Gasteiger partial charge in [0.25, 0.3) is 17.7 Å². The van der Waals surface area contributed by atoms with Crippen LogP contribution in [0.1, 0.15) is 35.3 Å². The topological polar surface area (TPSA) is 83.0 Å². The number of amides is 3. The molecule has 2 aromatic rings. The number of nitrogens with one attached hydrogen (secondary N) is 3. The predicted octanol–water partition coefficient (Wildman–Crippen LogP) is 1.88. The van der Waals surface area contributed by atoms with Gasteiger partial charge in [0.2, 0.25) is 0 Å². The van der Waals surface area contributed by atoms with E-state index in [1.807, 2.05) is 45.9 Å². The van der Waals surface area contributed by atoms with Crippen molar-refractivity contribution in [1.29, 1.82) is 0 Å². The van der Waals surface area contributed by atoms with Crippen molar-refractivity contribution in [3.05, 3.63) is 59.2 Å². The molecule has 0 radical (unpaired) electrons. The Labute approximate surface area is 184 Å². The second-order valence-corrected chi connectivity index (χ2v) is 7.71. The summed E-state index contributed by atoms with van der Waals surface area (Å²) in [6, 6.07) is 12.6. The third kappa shape index (κ3) is 6.93. The first kappa shape index (κ1) is 24.1. The van der Waals surface area contributed by atoms with Crippen LogP contribution in [0.5, 0.6) is 0 Å². The van der Waals surface area contributed by atoms with Gasteiger partial charge in [0.1, 0.15) is 0 Å². The Hall–Kier alpha value is -3.19. The van der Waals surface area contributed by atoms with E-state index in [9.17, 15) is 14.4 Å². The van der Waals surface area contributed by atoms with Gasteiger partial charge in [0.15, 0.2) is 13.1 Å². The maximum atomic E-state index is 12.4. The second-order valence-electron chi connectivity index (χ2n) is 7.71. The first-order chi connectivity index (χ1) is 14.7. The van der Waals surface area contributed by atoms with Gasteiger partial charge in [-0.15, -0.1) is 0 Å². The molecular weight excluding hydrogens is 392 g/mol. The molecule has 166 valence electrons. The van der Waals surface area contributed by atoms with Crippen LogP contribution < -0.4 is 15.5 Å². The van der Waals surface area contributed by atoms with Crippen molar-refractivity contribution in [3.8, 4) is 0 Å². The molecule has 0 spiro atoms. The van der Waals surface area contributed by atoms with Gasteiger partial charge < -0.3 is 20.4 Å². The van der Waals surface area contributed by atoms with Crippen molar-refractivity contribution in [1.82, 2.24) is 4.90 Å². The standard InChI is InChI=1S/C24H32N4O3/c1-6-28(7-2)24(31)19-11-13-20(14-12-19)25-22(29)15-27(5)16-23(30)26-21-10-8-9-17(3)18(21)4/h8-14H,6-7,15-16H2,1-5H3,(H,25,29)(H,26,30)/p+1. The Bertz CT molecular complexity index is 921. The van der Waals surface area contributed by atoms with Crippen LogP contribution >= 0.6 is 0 Å². The lowest BCUT2D eigenvalue weighted by Gasteiger charge is -2.18. The maximum Gasteiger partial charge on any atom is 0.279 e. The van der Waals surface area contributed by atoms with Gasteiger partial charge in [-0.1, -0.05) is 12.1 Å². The summed E-state index contributed by atoms with van der Waals surface area (Å²) in [6.45, 7) is 9.49. The zero-order valence-electron chi connectivity index (χ0n) is 19.0. The van der Waals surface area contributed by atoms with Crippen molar-refractivity contribution in [2.75, 3.05) is 43.9 Å². The Kier molecular flexibility index (Phi) is 8.75. The van der Waals surface area contributed by atoms with E-state index < -0.39 is 0 Å². The molecule has 0 aliphatic carbocycles. The minimum absolute atomic E-state index is 0.0260. The first-order valence-corrected chi connectivity index (χ1v) is 10.6. The number of nitrogens with zero attached hydrogens (tertiary/aromatic N) is 1. The average molecular weight is 426 g/mol. The summed E-state index contributed by atoms with van der Waals surface area (Å²) >= 11 is 0. The van der Waals surface area contributed by atoms with E-state index in [4.69, 9.17) is 0 Å². The fourth-order valence-electron chi connectivity index (χ4n) is 3.29. The fourth-order valence-corrected chi connectivity index (χ4v) is 3.29. The van der Waals surface area contributed by atoms with E-state index in [0.29, 0.717) is 24.3 Å². The maximum absolute atomic E-state index is 12.4. The highest BCUT2D eigenvalue weighted by molar-refractivity contribution is 5.96. The third-order valence-electron chi connectivity index (χ3n) is 5.27. The Morgan fingerprint density at radius 1 is 0.871 bits per heavy atom. The molecule has 0 fully saturated rings. The van der Waals surface area contributed by atoms with Gasteiger partial charge in [0, 0.05) is 30.0 Å². The normalized spacial score (nSPS) is 11.5. The zero-order chi connectivity index (χ0) is 23.0. The van der Waals surface area contributed by atoms with Crippen LogP contribution in [-0.2, 0) is 9.59 Å². The lowest BCUT2D eigenvalue weighted by molar-refractivity contribution is -0.862. The summed E-state index contributed by atoms with van der Waals surface area (Å²) in [7, 11) is 1.80. The lowest BCUT2D eigenvalue weighted by Crippen LogP contribution is -3.11. The van der Waals surface area contributed by atoms with Gasteiger partial charge in [-0.2, -0.15) is 0 Å². The number of hydrogen-bond acceptors (Lipinski definition) is 3. The summed E-state index contributed by atoms with van der Waals surface area (Å²) in [5.74, 6) is -0.361. The Morgan fingerprint density at radius 3 is 2.03 bits per heavy atom. The molecule has 0 heterocycles. The molecular formula is C24H33N4O3+. The first-order valence-electron chi connectivity index (χ1n) is 10.6. The number of rotatable bonds is 9. The molecule has 3 N–H and O–H groups in total. The summed E-state index contributed by atoms with van der Waals surface area (Å²) in [4.78, 5) is 39.5. The molecule has 0 aliphatic heterocycles. The van der Waals surface area contributed by atoms with Gasteiger partial charge in [-0.25, -0.2) is 0 Å². The van der Waals surface area contributed by atoms with Crippen LogP contribution in [0.4, 0.5) is 11.4 Å². The predicted molar refractivity (Wildman–Crippen MR) is 123 cm³/mol. The molecule has 7 nitrogen and oxygen atoms in total. The lowest BCUT2D eigenvalue weighted by atomic mass is 10.1. The molecule has 0 aliphatic rings. The molecule has 7 heteroatoms. The Morgan fingerprint density at radius 2 is 1.45 bits per heavy atom. The van der Waals surface area contributed by atoms with Crippen molar-refractivity contribution in [2.24, 2.45) is 0 Å². The van der Waals surface area contributed by atoms with E-state index in [2.05, 4.69) is 10.6 Å². The highest BCUT2D eigenvalue weighted by Crippen LogP contribution is 2.17. The highest BCUT2D eigenvalue weighted by atomic mass is 16.2. The van der Waals surface area contributed by atoms with Crippen LogP contribution in [-0.4, -0.2) is 55.8 Å². The third-order valence-corrected chi connectivity index (χ3v) is 5.27. The number of aryl methyl sites for hydroxylation is 1. The molecule has 31 heavy (non-hydrogen) atoms. The van der Waals surface area contributed by atoms with E-state index in [1.54, 1.807) is 36.2 Å². The number of quaternary nitrogens is 1. The smallest absolute Gasteiger partial charge is 0.279 e.